The largest absolute Gasteiger partial charge is 0.457 e. The van der Waals surface area contributed by atoms with Crippen molar-refractivity contribution in [1.29, 1.82) is 0 Å². The summed E-state index contributed by atoms with van der Waals surface area (Å²) in [6.07, 6.45) is 2.23. The van der Waals surface area contributed by atoms with Gasteiger partial charge in [-0.05, 0) is 29.2 Å². The molecule has 0 atom stereocenters. The van der Waals surface area contributed by atoms with Crippen LogP contribution in [0.3, 0.4) is 0 Å². The molecule has 1 aliphatic carbocycles. The number of carbonyl (C=O) groups excluding carboxylic acids is 2. The number of nitrogens with one attached hydrogen (secondary N) is 1. The quantitative estimate of drug-likeness (QED) is 0.475. The lowest BCUT2D eigenvalue weighted by Crippen LogP contribution is -2.30. The topological polar surface area (TPSA) is 64.6 Å². The summed E-state index contributed by atoms with van der Waals surface area (Å²) in [5.41, 5.74) is 4.61. The number of esters is 1. The lowest BCUT2D eigenvalue weighted by atomic mass is 9.98. The summed E-state index contributed by atoms with van der Waals surface area (Å²) in [6.45, 7) is 5.36. The number of ether oxygens (including phenoxy) is 2. The number of allylic oxidation sites excluding steroid dienone is 1. The predicted molar refractivity (Wildman–Crippen MR) is 103 cm³/mol. The van der Waals surface area contributed by atoms with Gasteiger partial charge in [0.05, 0.1) is 0 Å². The Hall–Kier alpha value is -3.34. The van der Waals surface area contributed by atoms with E-state index in [1.165, 1.54) is 12.2 Å². The molecule has 5 nitrogen and oxygen atoms in total. The summed E-state index contributed by atoms with van der Waals surface area (Å²) in [5, 5.41) is 2.44. The zero-order valence-corrected chi connectivity index (χ0v) is 15.1. The third-order valence-corrected chi connectivity index (χ3v) is 4.42. The van der Waals surface area contributed by atoms with E-state index in [2.05, 4.69) is 24.0 Å². The highest BCUT2D eigenvalue weighted by Gasteiger charge is 2.29. The van der Waals surface area contributed by atoms with E-state index in [0.717, 1.165) is 22.3 Å². The Morgan fingerprint density at radius 2 is 1.63 bits per heavy atom. The first-order valence-electron chi connectivity index (χ1n) is 8.72. The molecule has 138 valence electrons. The fourth-order valence-electron chi connectivity index (χ4n) is 3.20. The van der Waals surface area contributed by atoms with Crippen LogP contribution in [-0.4, -0.2) is 25.3 Å². The molecule has 2 aromatic carbocycles. The second-order valence-corrected chi connectivity index (χ2v) is 6.04. The SMILES string of the molecule is C=CCOC(=O)/C(=C/C)NC(=O)OCC1c2ccccc2-c2ccccc21. The molecule has 0 fully saturated rings. The summed E-state index contributed by atoms with van der Waals surface area (Å²) in [5.74, 6) is -0.671. The summed E-state index contributed by atoms with van der Waals surface area (Å²) >= 11 is 0. The molecule has 0 spiro atoms. The van der Waals surface area contributed by atoms with Gasteiger partial charge < -0.3 is 9.47 Å². The Kier molecular flexibility index (Phi) is 5.71. The number of carbonyl (C=O) groups is 2. The van der Waals surface area contributed by atoms with Crippen LogP contribution in [0.4, 0.5) is 4.79 Å². The van der Waals surface area contributed by atoms with E-state index in [0.29, 0.717) is 0 Å². The van der Waals surface area contributed by atoms with E-state index in [9.17, 15) is 9.59 Å². The fraction of sp³-hybridized carbons (Fsp3) is 0.182. The predicted octanol–water partition coefficient (Wildman–Crippen LogP) is 4.16. The van der Waals surface area contributed by atoms with Crippen LogP contribution in [0, 0.1) is 0 Å². The van der Waals surface area contributed by atoms with Crippen LogP contribution in [0.5, 0.6) is 0 Å². The monoisotopic (exact) mass is 363 g/mol. The Balaban J connectivity index is 1.67. The highest BCUT2D eigenvalue weighted by atomic mass is 16.6. The molecular formula is C22H21NO4. The smallest absolute Gasteiger partial charge is 0.411 e. The summed E-state index contributed by atoms with van der Waals surface area (Å²) < 4.78 is 10.3. The maximum Gasteiger partial charge on any atom is 0.411 e. The van der Waals surface area contributed by atoms with Crippen molar-refractivity contribution in [2.75, 3.05) is 13.2 Å². The molecule has 0 saturated carbocycles. The minimum atomic E-state index is -0.694. The molecule has 5 heteroatoms. The van der Waals surface area contributed by atoms with Gasteiger partial charge in [0.15, 0.2) is 0 Å². The van der Waals surface area contributed by atoms with Gasteiger partial charge in [-0.2, -0.15) is 0 Å². The van der Waals surface area contributed by atoms with Crippen LogP contribution in [0.2, 0.25) is 0 Å². The average molecular weight is 363 g/mol. The maximum atomic E-state index is 12.2. The van der Waals surface area contributed by atoms with Crippen molar-refractivity contribution in [1.82, 2.24) is 5.32 Å². The van der Waals surface area contributed by atoms with Crippen LogP contribution in [0.15, 0.2) is 73.0 Å². The van der Waals surface area contributed by atoms with Crippen LogP contribution >= 0.6 is 0 Å². The highest BCUT2D eigenvalue weighted by molar-refractivity contribution is 5.92. The van der Waals surface area contributed by atoms with E-state index in [4.69, 9.17) is 9.47 Å². The molecule has 0 aromatic heterocycles. The van der Waals surface area contributed by atoms with E-state index < -0.39 is 12.1 Å². The number of alkyl carbamates (subject to hydrolysis) is 1. The Bertz CT molecular complexity index is 855. The summed E-state index contributed by atoms with van der Waals surface area (Å²) in [7, 11) is 0. The second kappa shape index (κ2) is 8.36. The molecule has 1 N–H and O–H groups in total. The minimum absolute atomic E-state index is 0.0362. The van der Waals surface area contributed by atoms with Gasteiger partial charge in [0.25, 0.3) is 0 Å². The number of amides is 1. The summed E-state index contributed by atoms with van der Waals surface area (Å²) in [4.78, 5) is 24.0. The van der Waals surface area contributed by atoms with E-state index >= 15 is 0 Å². The first kappa shape index (κ1) is 18.5. The Morgan fingerprint density at radius 1 is 1.04 bits per heavy atom. The van der Waals surface area contributed by atoms with Gasteiger partial charge in [-0.15, -0.1) is 0 Å². The lowest BCUT2D eigenvalue weighted by molar-refractivity contribution is -0.138. The third kappa shape index (κ3) is 3.92. The number of hydrogen-bond donors (Lipinski definition) is 1. The number of fused-ring (bicyclic) bond motifs is 3. The van der Waals surface area contributed by atoms with Crippen LogP contribution < -0.4 is 5.32 Å². The van der Waals surface area contributed by atoms with Crippen molar-refractivity contribution in [2.45, 2.75) is 12.8 Å². The summed E-state index contributed by atoms with van der Waals surface area (Å²) in [6, 6.07) is 16.2. The van der Waals surface area contributed by atoms with E-state index in [1.54, 1.807) is 6.92 Å². The molecule has 0 saturated heterocycles. The zero-order valence-electron chi connectivity index (χ0n) is 15.1. The van der Waals surface area contributed by atoms with Gasteiger partial charge in [-0.3, -0.25) is 5.32 Å². The normalized spacial score (nSPS) is 12.7. The molecule has 0 radical (unpaired) electrons. The van der Waals surface area contributed by atoms with Crippen molar-refractivity contribution in [3.8, 4) is 11.1 Å². The minimum Gasteiger partial charge on any atom is -0.457 e. The Labute approximate surface area is 158 Å². The number of hydrogen-bond acceptors (Lipinski definition) is 4. The van der Waals surface area contributed by atoms with Crippen molar-refractivity contribution in [3.05, 3.63) is 84.1 Å². The van der Waals surface area contributed by atoms with E-state index in [-0.39, 0.29) is 24.8 Å². The second-order valence-electron chi connectivity index (χ2n) is 6.04. The third-order valence-electron chi connectivity index (χ3n) is 4.42. The molecule has 27 heavy (non-hydrogen) atoms. The fourth-order valence-corrected chi connectivity index (χ4v) is 3.20. The molecule has 0 unspecified atom stereocenters. The van der Waals surface area contributed by atoms with E-state index in [1.807, 2.05) is 36.4 Å². The molecule has 2 aromatic rings. The molecule has 0 bridgehead atoms. The van der Waals surface area contributed by atoms with Gasteiger partial charge in [-0.25, -0.2) is 9.59 Å². The highest BCUT2D eigenvalue weighted by Crippen LogP contribution is 2.44. The van der Waals surface area contributed by atoms with Gasteiger partial charge in [-0.1, -0.05) is 67.3 Å². The molecule has 1 aliphatic rings. The van der Waals surface area contributed by atoms with Gasteiger partial charge in [0.2, 0.25) is 0 Å². The van der Waals surface area contributed by atoms with Crippen molar-refractivity contribution in [2.24, 2.45) is 0 Å². The standard InChI is InChI=1S/C22H21NO4/c1-3-13-26-21(24)20(4-2)23-22(25)27-14-19-17-11-7-5-9-15(17)16-10-6-8-12-18(16)19/h3-12,19H,1,13-14H2,2H3,(H,23,25)/b20-4-. The first-order valence-corrected chi connectivity index (χ1v) is 8.72. The molecule has 3 rings (SSSR count). The van der Waals surface area contributed by atoms with Crippen molar-refractivity contribution >= 4 is 12.1 Å². The van der Waals surface area contributed by atoms with Crippen LogP contribution in [0.25, 0.3) is 11.1 Å². The van der Waals surface area contributed by atoms with Crippen molar-refractivity contribution < 1.29 is 19.1 Å². The lowest BCUT2D eigenvalue weighted by Gasteiger charge is -2.15. The first-order chi connectivity index (χ1) is 13.2. The van der Waals surface area contributed by atoms with Crippen LogP contribution in [-0.2, 0) is 14.3 Å². The van der Waals surface area contributed by atoms with Gasteiger partial charge >= 0.3 is 12.1 Å². The molecular weight excluding hydrogens is 342 g/mol. The number of rotatable bonds is 6. The zero-order chi connectivity index (χ0) is 19.2. The Morgan fingerprint density at radius 3 is 2.19 bits per heavy atom. The van der Waals surface area contributed by atoms with Gasteiger partial charge in [0, 0.05) is 5.92 Å². The van der Waals surface area contributed by atoms with Gasteiger partial charge in [0.1, 0.15) is 18.9 Å². The molecule has 1 amide bonds. The average Bonchev–Trinajstić information content (AvgIpc) is 3.02. The maximum absolute atomic E-state index is 12.2. The number of benzene rings is 2. The van der Waals surface area contributed by atoms with Crippen LogP contribution in [0.1, 0.15) is 24.0 Å². The molecule has 0 heterocycles. The van der Waals surface area contributed by atoms with Crippen molar-refractivity contribution in [3.63, 3.8) is 0 Å². The molecule has 0 aliphatic heterocycles.